The van der Waals surface area contributed by atoms with E-state index in [9.17, 15) is 4.79 Å². The van der Waals surface area contributed by atoms with Gasteiger partial charge in [0.05, 0.1) is 0 Å². The molecule has 0 bridgehead atoms. The van der Waals surface area contributed by atoms with Crippen molar-refractivity contribution in [1.29, 1.82) is 0 Å². The first-order chi connectivity index (χ1) is 12.8. The van der Waals surface area contributed by atoms with Gasteiger partial charge in [0, 0.05) is 12.3 Å². The molecule has 1 N–H and O–H groups in total. The Hall–Kier alpha value is -2.57. The molecular weight excluding hydrogens is 337 g/mol. The molecule has 0 fully saturated rings. The van der Waals surface area contributed by atoms with E-state index >= 15 is 0 Å². The summed E-state index contributed by atoms with van der Waals surface area (Å²) in [4.78, 5) is 12.8. The molecule has 0 aliphatic heterocycles. The smallest absolute Gasteiger partial charge is 0.245 e. The van der Waals surface area contributed by atoms with Crippen LogP contribution in [0, 0.1) is 0 Å². The molecule has 0 unspecified atom stereocenters. The highest BCUT2D eigenvalue weighted by atomic mass is 31.2. The van der Waals surface area contributed by atoms with E-state index in [1.807, 2.05) is 60.4 Å². The summed E-state index contributed by atoms with van der Waals surface area (Å²) < 4.78 is 0. The van der Waals surface area contributed by atoms with Crippen LogP contribution < -0.4 is 21.2 Å². The van der Waals surface area contributed by atoms with Gasteiger partial charge in [0.25, 0.3) is 0 Å². The van der Waals surface area contributed by atoms with Gasteiger partial charge in [-0.2, -0.15) is 0 Å². The Morgan fingerprint density at radius 3 is 1.50 bits per heavy atom. The van der Waals surface area contributed by atoms with Crippen molar-refractivity contribution in [2.75, 3.05) is 6.54 Å². The van der Waals surface area contributed by atoms with Crippen molar-refractivity contribution in [3.05, 3.63) is 91.0 Å². The molecule has 0 saturated heterocycles. The van der Waals surface area contributed by atoms with Crippen molar-refractivity contribution < 1.29 is 4.79 Å². The zero-order valence-electron chi connectivity index (χ0n) is 15.0. The average molecular weight is 361 g/mol. The van der Waals surface area contributed by atoms with Crippen LogP contribution in [-0.4, -0.2) is 18.2 Å². The maximum Gasteiger partial charge on any atom is 0.245 e. The lowest BCUT2D eigenvalue weighted by atomic mass is 10.4. The first-order valence-electron chi connectivity index (χ1n) is 8.96. The molecule has 0 heterocycles. The van der Waals surface area contributed by atoms with Gasteiger partial charge >= 0.3 is 0 Å². The second-order valence-electron chi connectivity index (χ2n) is 6.15. The zero-order chi connectivity index (χ0) is 18.2. The summed E-state index contributed by atoms with van der Waals surface area (Å²) in [6.45, 7) is 0.565. The van der Waals surface area contributed by atoms with Crippen molar-refractivity contribution in [2.24, 2.45) is 0 Å². The number of carbonyl (C=O) groups is 1. The second-order valence-corrected chi connectivity index (χ2v) is 9.40. The molecule has 0 aromatic heterocycles. The Balaban J connectivity index is 2.32. The van der Waals surface area contributed by atoms with Crippen LogP contribution in [0.4, 0.5) is 0 Å². The average Bonchev–Trinajstić information content (AvgIpc) is 2.72. The minimum absolute atomic E-state index is 0.00302. The predicted octanol–water partition coefficient (Wildman–Crippen LogP) is 3.31. The van der Waals surface area contributed by atoms with Gasteiger partial charge in [0.1, 0.15) is 0 Å². The maximum absolute atomic E-state index is 12.8. The zero-order valence-corrected chi connectivity index (χ0v) is 15.9. The highest BCUT2D eigenvalue weighted by Crippen LogP contribution is 2.43. The molecule has 0 radical (unpaired) electrons. The molecule has 1 amide bonds. The minimum Gasteiger partial charge on any atom is -0.353 e. The monoisotopic (exact) mass is 361 g/mol. The molecule has 3 aromatic rings. The third-order valence-corrected chi connectivity index (χ3v) is 8.31. The number of rotatable bonds is 6. The van der Waals surface area contributed by atoms with E-state index in [2.05, 4.69) is 48.6 Å². The highest BCUT2D eigenvalue weighted by Gasteiger charge is 2.26. The lowest BCUT2D eigenvalue weighted by Gasteiger charge is -2.28. The van der Waals surface area contributed by atoms with E-state index in [1.54, 1.807) is 0 Å². The molecule has 3 aromatic carbocycles. The fraction of sp³-hybridized carbons (Fsp3) is 0.130. The molecule has 3 heteroatoms. The van der Waals surface area contributed by atoms with Crippen molar-refractivity contribution in [3.8, 4) is 0 Å². The van der Waals surface area contributed by atoms with Gasteiger partial charge in [-0.1, -0.05) is 97.9 Å². The van der Waals surface area contributed by atoms with Crippen LogP contribution >= 0.6 is 6.89 Å². The summed E-state index contributed by atoms with van der Waals surface area (Å²) in [7, 11) is 0. The summed E-state index contributed by atoms with van der Waals surface area (Å²) in [5.74, 6) is 1.93. The lowest BCUT2D eigenvalue weighted by Crippen LogP contribution is -2.32. The largest absolute Gasteiger partial charge is 0.353 e. The summed E-state index contributed by atoms with van der Waals surface area (Å²) in [5.41, 5.74) is 0. The van der Waals surface area contributed by atoms with Gasteiger partial charge in [0.2, 0.25) is 5.91 Å². The van der Waals surface area contributed by atoms with E-state index in [4.69, 9.17) is 0 Å². The molecule has 3 rings (SSSR count). The van der Waals surface area contributed by atoms with Crippen molar-refractivity contribution in [3.63, 3.8) is 0 Å². The summed E-state index contributed by atoms with van der Waals surface area (Å²) in [5, 5.41) is 6.58. The van der Waals surface area contributed by atoms with Gasteiger partial charge in [-0.05, 0) is 29.2 Å². The Labute approximate surface area is 155 Å². The van der Waals surface area contributed by atoms with Crippen LogP contribution in [0.25, 0.3) is 0 Å². The third kappa shape index (κ3) is 3.81. The van der Waals surface area contributed by atoms with E-state index in [0.717, 1.165) is 6.42 Å². The standard InChI is InChI=1S/C23H24NOP/c1-2-18-24-23(25)19-26(20-12-6-3-7-13-20,21-14-8-4-9-15-21)22-16-10-5-11-17-22/h3-17,19H,2,18H2,1H3,(H,24,25). The van der Waals surface area contributed by atoms with E-state index in [-0.39, 0.29) is 5.91 Å². The van der Waals surface area contributed by atoms with E-state index in [1.165, 1.54) is 15.9 Å². The third-order valence-electron chi connectivity index (χ3n) is 4.35. The van der Waals surface area contributed by atoms with Gasteiger partial charge in [-0.25, -0.2) is 0 Å². The molecule has 0 atom stereocenters. The minimum atomic E-state index is -2.19. The van der Waals surface area contributed by atoms with Gasteiger partial charge in [0.15, 0.2) is 0 Å². The Bertz CT molecular complexity index is 786. The van der Waals surface area contributed by atoms with E-state index in [0.29, 0.717) is 6.54 Å². The SMILES string of the molecule is CCCNC(=O)C=P(c1ccccc1)(c1ccccc1)c1ccccc1. The normalized spacial score (nSPS) is 11.0. The number of amides is 1. The fourth-order valence-corrected chi connectivity index (χ4v) is 6.84. The topological polar surface area (TPSA) is 29.1 Å². The first-order valence-corrected chi connectivity index (χ1v) is 10.8. The summed E-state index contributed by atoms with van der Waals surface area (Å²) >= 11 is 0. The lowest BCUT2D eigenvalue weighted by molar-refractivity contribution is -0.114. The first kappa shape index (κ1) is 18.2. The second kappa shape index (κ2) is 8.69. The van der Waals surface area contributed by atoms with Crippen molar-refractivity contribution >= 4 is 34.5 Å². The molecule has 0 aliphatic rings. The molecule has 132 valence electrons. The number of hydrogen-bond acceptors (Lipinski definition) is 1. The Morgan fingerprint density at radius 1 is 0.769 bits per heavy atom. The van der Waals surface area contributed by atoms with Crippen molar-refractivity contribution in [2.45, 2.75) is 13.3 Å². The van der Waals surface area contributed by atoms with E-state index < -0.39 is 6.89 Å². The van der Waals surface area contributed by atoms with Gasteiger partial charge < -0.3 is 5.32 Å². The van der Waals surface area contributed by atoms with Crippen LogP contribution in [0.1, 0.15) is 13.3 Å². The van der Waals surface area contributed by atoms with Crippen LogP contribution in [0.3, 0.4) is 0 Å². The number of hydrogen-bond donors (Lipinski definition) is 1. The molecule has 0 spiro atoms. The predicted molar refractivity (Wildman–Crippen MR) is 115 cm³/mol. The molecule has 0 saturated carbocycles. The maximum atomic E-state index is 12.8. The molecule has 26 heavy (non-hydrogen) atoms. The summed E-state index contributed by atoms with van der Waals surface area (Å²) in [6, 6.07) is 31.2. The van der Waals surface area contributed by atoms with Crippen LogP contribution in [-0.2, 0) is 4.79 Å². The number of carbonyl (C=O) groups excluding carboxylic acids is 1. The van der Waals surface area contributed by atoms with Gasteiger partial charge in [-0.3, -0.25) is 4.79 Å². The van der Waals surface area contributed by atoms with Gasteiger partial charge in [-0.15, -0.1) is 0 Å². The molecule has 2 nitrogen and oxygen atoms in total. The fourth-order valence-electron chi connectivity index (χ4n) is 3.13. The molecule has 0 aliphatic carbocycles. The van der Waals surface area contributed by atoms with Crippen LogP contribution in [0.15, 0.2) is 91.0 Å². The Kier molecular flexibility index (Phi) is 6.09. The van der Waals surface area contributed by atoms with Crippen LogP contribution in [0.5, 0.6) is 0 Å². The molecular formula is C23H24NOP. The number of benzene rings is 3. The number of nitrogens with one attached hydrogen (secondary N) is 1. The Morgan fingerprint density at radius 2 is 1.15 bits per heavy atom. The quantitative estimate of drug-likeness (QED) is 0.671. The van der Waals surface area contributed by atoms with Crippen LogP contribution in [0.2, 0.25) is 0 Å². The highest BCUT2D eigenvalue weighted by molar-refractivity contribution is 7.95. The summed E-state index contributed by atoms with van der Waals surface area (Å²) in [6.07, 6.45) is 0.924. The van der Waals surface area contributed by atoms with Crippen molar-refractivity contribution in [1.82, 2.24) is 5.32 Å².